The van der Waals surface area contributed by atoms with Crippen molar-refractivity contribution < 1.29 is 4.79 Å². The van der Waals surface area contributed by atoms with Gasteiger partial charge in [-0.3, -0.25) is 9.69 Å². The van der Waals surface area contributed by atoms with Crippen molar-refractivity contribution in [1.29, 1.82) is 0 Å². The quantitative estimate of drug-likeness (QED) is 0.913. The summed E-state index contributed by atoms with van der Waals surface area (Å²) in [5, 5.41) is 4.50. The molecule has 0 radical (unpaired) electrons. The average Bonchev–Trinajstić information content (AvgIpc) is 3.02. The van der Waals surface area contributed by atoms with Crippen LogP contribution in [0.5, 0.6) is 0 Å². The molecule has 3 rings (SSSR count). The molecule has 2 heterocycles. The van der Waals surface area contributed by atoms with Gasteiger partial charge in [0.05, 0.1) is 6.42 Å². The van der Waals surface area contributed by atoms with Crippen molar-refractivity contribution >= 4 is 29.1 Å². The van der Waals surface area contributed by atoms with Gasteiger partial charge in [-0.15, -0.1) is 0 Å². The van der Waals surface area contributed by atoms with E-state index in [-0.39, 0.29) is 12.3 Å². The fourth-order valence-electron chi connectivity index (χ4n) is 3.28. The molecule has 0 saturated carbocycles. The molecular formula is C16H21Cl2N3O. The predicted octanol–water partition coefficient (Wildman–Crippen LogP) is 2.04. The highest BCUT2D eigenvalue weighted by Crippen LogP contribution is 2.26. The average molecular weight is 342 g/mol. The van der Waals surface area contributed by atoms with Gasteiger partial charge in [0.15, 0.2) is 0 Å². The lowest BCUT2D eigenvalue weighted by Gasteiger charge is -2.32. The number of likely N-dealkylation sites (tertiary alicyclic amines) is 1. The van der Waals surface area contributed by atoms with Crippen molar-refractivity contribution in [1.82, 2.24) is 15.1 Å². The maximum Gasteiger partial charge on any atom is 0.227 e. The number of carbonyl (C=O) groups excluding carboxylic acids is 1. The van der Waals surface area contributed by atoms with Gasteiger partial charge in [-0.05, 0) is 24.1 Å². The highest BCUT2D eigenvalue weighted by molar-refractivity contribution is 6.36. The van der Waals surface area contributed by atoms with E-state index in [0.717, 1.165) is 51.3 Å². The minimum atomic E-state index is 0.118. The van der Waals surface area contributed by atoms with Crippen LogP contribution in [0.1, 0.15) is 12.0 Å². The molecule has 2 fully saturated rings. The Labute approximate surface area is 141 Å². The standard InChI is InChI=1S/C16H21Cl2N3O/c17-14-2-1-3-15(18)13(14)10-16(22)21-7-4-12(11-21)20-8-5-19-6-9-20/h1-3,12,19H,4-11H2. The Kier molecular flexibility index (Phi) is 5.24. The molecule has 1 unspecified atom stereocenters. The van der Waals surface area contributed by atoms with Gasteiger partial charge < -0.3 is 10.2 Å². The van der Waals surface area contributed by atoms with Gasteiger partial charge in [0.2, 0.25) is 5.91 Å². The summed E-state index contributed by atoms with van der Waals surface area (Å²) in [6.45, 7) is 5.88. The van der Waals surface area contributed by atoms with Gasteiger partial charge in [-0.1, -0.05) is 29.3 Å². The summed E-state index contributed by atoms with van der Waals surface area (Å²) in [4.78, 5) is 17.0. The predicted molar refractivity (Wildman–Crippen MR) is 89.6 cm³/mol. The molecule has 0 bridgehead atoms. The zero-order chi connectivity index (χ0) is 15.5. The Balaban J connectivity index is 1.59. The number of carbonyl (C=O) groups is 1. The number of hydrogen-bond acceptors (Lipinski definition) is 3. The van der Waals surface area contributed by atoms with Crippen LogP contribution in [-0.2, 0) is 11.2 Å². The Morgan fingerprint density at radius 1 is 1.18 bits per heavy atom. The Bertz CT molecular complexity index is 526. The van der Waals surface area contributed by atoms with E-state index in [4.69, 9.17) is 23.2 Å². The third-order valence-corrected chi connectivity index (χ3v) is 5.28. The summed E-state index contributed by atoms with van der Waals surface area (Å²) < 4.78 is 0. The van der Waals surface area contributed by atoms with Gasteiger partial charge >= 0.3 is 0 Å². The lowest BCUT2D eigenvalue weighted by atomic mass is 10.1. The zero-order valence-corrected chi connectivity index (χ0v) is 14.0. The summed E-state index contributed by atoms with van der Waals surface area (Å²) in [7, 11) is 0. The molecule has 2 aliphatic heterocycles. The molecule has 1 amide bonds. The summed E-state index contributed by atoms with van der Waals surface area (Å²) in [5.74, 6) is 0.118. The van der Waals surface area contributed by atoms with E-state index in [1.807, 2.05) is 4.90 Å². The van der Waals surface area contributed by atoms with E-state index >= 15 is 0 Å². The minimum Gasteiger partial charge on any atom is -0.341 e. The molecule has 22 heavy (non-hydrogen) atoms. The molecule has 4 nitrogen and oxygen atoms in total. The Morgan fingerprint density at radius 2 is 1.86 bits per heavy atom. The molecule has 0 aliphatic carbocycles. The molecule has 120 valence electrons. The van der Waals surface area contributed by atoms with Crippen LogP contribution in [0.25, 0.3) is 0 Å². The van der Waals surface area contributed by atoms with Crippen molar-refractivity contribution in [2.45, 2.75) is 18.9 Å². The number of nitrogens with zero attached hydrogens (tertiary/aromatic N) is 2. The second kappa shape index (κ2) is 7.18. The minimum absolute atomic E-state index is 0.118. The number of benzene rings is 1. The normalized spacial score (nSPS) is 23.0. The largest absolute Gasteiger partial charge is 0.341 e. The Hall–Kier alpha value is -0.810. The number of rotatable bonds is 3. The van der Waals surface area contributed by atoms with E-state index in [9.17, 15) is 4.79 Å². The van der Waals surface area contributed by atoms with Crippen LogP contribution in [0.3, 0.4) is 0 Å². The monoisotopic (exact) mass is 341 g/mol. The summed E-state index contributed by atoms with van der Waals surface area (Å²) >= 11 is 12.3. The SMILES string of the molecule is O=C(Cc1c(Cl)cccc1Cl)N1CCC(N2CCNCC2)C1. The molecule has 1 N–H and O–H groups in total. The van der Waals surface area contributed by atoms with Crippen LogP contribution in [0.2, 0.25) is 10.0 Å². The van der Waals surface area contributed by atoms with Gasteiger partial charge in [-0.2, -0.15) is 0 Å². The topological polar surface area (TPSA) is 35.6 Å². The number of halogens is 2. The van der Waals surface area contributed by atoms with Crippen LogP contribution < -0.4 is 5.32 Å². The lowest BCUT2D eigenvalue weighted by Crippen LogP contribution is -2.49. The van der Waals surface area contributed by atoms with Crippen molar-refractivity contribution in [3.05, 3.63) is 33.8 Å². The highest BCUT2D eigenvalue weighted by Gasteiger charge is 2.31. The zero-order valence-electron chi connectivity index (χ0n) is 12.5. The van der Waals surface area contributed by atoms with Crippen molar-refractivity contribution in [2.24, 2.45) is 0 Å². The van der Waals surface area contributed by atoms with Gasteiger partial charge in [0, 0.05) is 55.4 Å². The van der Waals surface area contributed by atoms with Gasteiger partial charge in [-0.25, -0.2) is 0 Å². The fraction of sp³-hybridized carbons (Fsp3) is 0.562. The number of piperazine rings is 1. The molecular weight excluding hydrogens is 321 g/mol. The molecule has 1 atom stereocenters. The second-order valence-electron chi connectivity index (χ2n) is 5.95. The number of nitrogens with one attached hydrogen (secondary N) is 1. The van der Waals surface area contributed by atoms with Crippen LogP contribution in [0, 0.1) is 0 Å². The van der Waals surface area contributed by atoms with Crippen LogP contribution in [0.4, 0.5) is 0 Å². The molecule has 6 heteroatoms. The maximum absolute atomic E-state index is 12.5. The highest BCUT2D eigenvalue weighted by atomic mass is 35.5. The van der Waals surface area contributed by atoms with Crippen LogP contribution in [-0.4, -0.2) is 61.0 Å². The molecule has 0 aromatic heterocycles. The van der Waals surface area contributed by atoms with Crippen molar-refractivity contribution in [3.63, 3.8) is 0 Å². The number of hydrogen-bond donors (Lipinski definition) is 1. The lowest BCUT2D eigenvalue weighted by molar-refractivity contribution is -0.129. The smallest absolute Gasteiger partial charge is 0.227 e. The van der Waals surface area contributed by atoms with E-state index in [1.165, 1.54) is 0 Å². The van der Waals surface area contributed by atoms with E-state index in [1.54, 1.807) is 18.2 Å². The van der Waals surface area contributed by atoms with Crippen molar-refractivity contribution in [2.75, 3.05) is 39.3 Å². The molecule has 1 aromatic carbocycles. The summed E-state index contributed by atoms with van der Waals surface area (Å²) in [5.41, 5.74) is 0.737. The van der Waals surface area contributed by atoms with Crippen LogP contribution >= 0.6 is 23.2 Å². The summed E-state index contributed by atoms with van der Waals surface area (Å²) in [6, 6.07) is 5.86. The fourth-order valence-corrected chi connectivity index (χ4v) is 3.81. The second-order valence-corrected chi connectivity index (χ2v) is 6.76. The third-order valence-electron chi connectivity index (χ3n) is 4.57. The Morgan fingerprint density at radius 3 is 2.55 bits per heavy atom. The van der Waals surface area contributed by atoms with Gasteiger partial charge in [0.1, 0.15) is 0 Å². The molecule has 2 aliphatic rings. The first-order valence-electron chi connectivity index (χ1n) is 7.80. The summed E-state index contributed by atoms with van der Waals surface area (Å²) in [6.07, 6.45) is 1.34. The first kappa shape index (κ1) is 16.1. The molecule has 2 saturated heterocycles. The van der Waals surface area contributed by atoms with Gasteiger partial charge in [0.25, 0.3) is 0 Å². The van der Waals surface area contributed by atoms with E-state index in [0.29, 0.717) is 16.1 Å². The van der Waals surface area contributed by atoms with E-state index in [2.05, 4.69) is 10.2 Å². The van der Waals surface area contributed by atoms with Crippen molar-refractivity contribution in [3.8, 4) is 0 Å². The third kappa shape index (κ3) is 3.57. The maximum atomic E-state index is 12.5. The van der Waals surface area contributed by atoms with Crippen LogP contribution in [0.15, 0.2) is 18.2 Å². The molecule has 1 aromatic rings. The number of amides is 1. The first-order chi connectivity index (χ1) is 10.6. The first-order valence-corrected chi connectivity index (χ1v) is 8.56. The molecule has 0 spiro atoms. The van der Waals surface area contributed by atoms with E-state index < -0.39 is 0 Å².